The number of aryl methyl sites for hydroxylation is 1. The van der Waals surface area contributed by atoms with Gasteiger partial charge in [0.1, 0.15) is 5.82 Å². The molecule has 1 N–H and O–H groups in total. The summed E-state index contributed by atoms with van der Waals surface area (Å²) in [5.41, 5.74) is 2.31. The molecule has 0 heterocycles. The number of hydrogen-bond donors (Lipinski definition) is 1. The van der Waals surface area contributed by atoms with Gasteiger partial charge >= 0.3 is 0 Å². The van der Waals surface area contributed by atoms with Gasteiger partial charge in [-0.25, -0.2) is 4.39 Å². The fourth-order valence-electron chi connectivity index (χ4n) is 2.88. The maximum atomic E-state index is 13.3. The lowest BCUT2D eigenvalue weighted by Crippen LogP contribution is -2.31. The highest BCUT2D eigenvalue weighted by atomic mass is 19.1. The van der Waals surface area contributed by atoms with Gasteiger partial charge < -0.3 is 5.32 Å². The van der Waals surface area contributed by atoms with Crippen LogP contribution >= 0.6 is 0 Å². The second-order valence-electron chi connectivity index (χ2n) is 6.12. The zero-order valence-electron chi connectivity index (χ0n) is 11.0. The minimum atomic E-state index is -0.150. The van der Waals surface area contributed by atoms with E-state index in [1.54, 1.807) is 12.1 Å². The smallest absolute Gasteiger partial charge is 0.125 e. The topological polar surface area (TPSA) is 12.0 Å². The van der Waals surface area contributed by atoms with Crippen molar-refractivity contribution in [1.29, 1.82) is 0 Å². The minimum absolute atomic E-state index is 0.150. The van der Waals surface area contributed by atoms with E-state index in [0.717, 1.165) is 11.3 Å². The second kappa shape index (κ2) is 4.67. The van der Waals surface area contributed by atoms with E-state index in [9.17, 15) is 4.39 Å². The third kappa shape index (κ3) is 3.45. The van der Waals surface area contributed by atoms with Crippen LogP contribution in [0.25, 0.3) is 0 Å². The van der Waals surface area contributed by atoms with Crippen molar-refractivity contribution in [1.82, 2.24) is 0 Å². The van der Waals surface area contributed by atoms with Gasteiger partial charge in [0.05, 0.1) is 0 Å². The van der Waals surface area contributed by atoms with E-state index < -0.39 is 0 Å². The Balaban J connectivity index is 2.05. The van der Waals surface area contributed by atoms with E-state index in [-0.39, 0.29) is 5.82 Å². The quantitative estimate of drug-likeness (QED) is 0.795. The van der Waals surface area contributed by atoms with Crippen molar-refractivity contribution in [2.24, 2.45) is 5.41 Å². The van der Waals surface area contributed by atoms with E-state index in [4.69, 9.17) is 0 Å². The summed E-state index contributed by atoms with van der Waals surface area (Å²) in [5, 5.41) is 3.48. The van der Waals surface area contributed by atoms with Crippen LogP contribution in [0, 0.1) is 18.2 Å². The summed E-state index contributed by atoms with van der Waals surface area (Å²) >= 11 is 0. The lowest BCUT2D eigenvalue weighted by atomic mass is 9.75. The SMILES string of the molecule is Cc1cc(F)cc(NC2CCCC(C)(C)C2)c1. The summed E-state index contributed by atoms with van der Waals surface area (Å²) in [6.45, 7) is 6.56. The highest BCUT2D eigenvalue weighted by Crippen LogP contribution is 2.36. The fraction of sp³-hybridized carbons (Fsp3) is 0.600. The van der Waals surface area contributed by atoms with Crippen LogP contribution in [-0.4, -0.2) is 6.04 Å². The van der Waals surface area contributed by atoms with Gasteiger partial charge in [0.2, 0.25) is 0 Å². The third-order valence-electron chi connectivity index (χ3n) is 3.62. The lowest BCUT2D eigenvalue weighted by Gasteiger charge is -2.36. The number of halogens is 1. The Kier molecular flexibility index (Phi) is 3.41. The second-order valence-corrected chi connectivity index (χ2v) is 6.12. The average Bonchev–Trinajstić information content (AvgIpc) is 2.13. The minimum Gasteiger partial charge on any atom is -0.382 e. The van der Waals surface area contributed by atoms with Crippen molar-refractivity contribution in [2.75, 3.05) is 5.32 Å². The molecule has 1 nitrogen and oxygen atoms in total. The first-order valence-electron chi connectivity index (χ1n) is 6.48. The molecule has 2 rings (SSSR count). The molecular weight excluding hydrogens is 213 g/mol. The van der Waals surface area contributed by atoms with Gasteiger partial charge in [-0.2, -0.15) is 0 Å². The predicted molar refractivity (Wildman–Crippen MR) is 70.8 cm³/mol. The summed E-state index contributed by atoms with van der Waals surface area (Å²) in [4.78, 5) is 0. The fourth-order valence-corrected chi connectivity index (χ4v) is 2.88. The van der Waals surface area contributed by atoms with E-state index in [1.165, 1.54) is 25.7 Å². The molecule has 94 valence electrons. The number of rotatable bonds is 2. The molecule has 0 spiro atoms. The molecular formula is C15H22FN. The number of hydrogen-bond acceptors (Lipinski definition) is 1. The summed E-state index contributed by atoms with van der Waals surface area (Å²) in [6, 6.07) is 5.66. The van der Waals surface area contributed by atoms with Gasteiger partial charge in [-0.15, -0.1) is 0 Å². The van der Waals surface area contributed by atoms with Crippen molar-refractivity contribution in [3.63, 3.8) is 0 Å². The normalized spacial score (nSPS) is 23.4. The summed E-state index contributed by atoms with van der Waals surface area (Å²) in [7, 11) is 0. The standard InChI is InChI=1S/C15H22FN/c1-11-7-12(16)9-14(8-11)17-13-5-4-6-15(2,3)10-13/h7-9,13,17H,4-6,10H2,1-3H3. The van der Waals surface area contributed by atoms with Gasteiger partial charge in [-0.1, -0.05) is 20.3 Å². The number of anilines is 1. The first-order valence-corrected chi connectivity index (χ1v) is 6.48. The molecule has 0 saturated heterocycles. The number of nitrogens with one attached hydrogen (secondary N) is 1. The zero-order valence-corrected chi connectivity index (χ0v) is 11.0. The van der Waals surface area contributed by atoms with Crippen LogP contribution < -0.4 is 5.32 Å². The summed E-state index contributed by atoms with van der Waals surface area (Å²) < 4.78 is 13.3. The summed E-state index contributed by atoms with van der Waals surface area (Å²) in [5.74, 6) is -0.150. The van der Waals surface area contributed by atoms with Gasteiger partial charge in [0, 0.05) is 11.7 Å². The maximum absolute atomic E-state index is 13.3. The molecule has 0 amide bonds. The van der Waals surface area contributed by atoms with Gasteiger partial charge in [-0.05, 0) is 55.4 Å². The van der Waals surface area contributed by atoms with Gasteiger partial charge in [0.25, 0.3) is 0 Å². The molecule has 1 atom stereocenters. The van der Waals surface area contributed by atoms with E-state index in [0.29, 0.717) is 11.5 Å². The average molecular weight is 235 g/mol. The monoisotopic (exact) mass is 235 g/mol. The largest absolute Gasteiger partial charge is 0.382 e. The predicted octanol–water partition coefficient (Wildman–Crippen LogP) is 4.51. The molecule has 0 bridgehead atoms. The van der Waals surface area contributed by atoms with Crippen LogP contribution in [0.5, 0.6) is 0 Å². The Morgan fingerprint density at radius 3 is 2.71 bits per heavy atom. The third-order valence-corrected chi connectivity index (χ3v) is 3.62. The molecule has 1 unspecified atom stereocenters. The highest BCUT2D eigenvalue weighted by molar-refractivity contribution is 5.46. The molecule has 1 aliphatic rings. The van der Waals surface area contributed by atoms with Crippen LogP contribution in [0.15, 0.2) is 18.2 Å². The summed E-state index contributed by atoms with van der Waals surface area (Å²) in [6.07, 6.45) is 4.92. The van der Waals surface area contributed by atoms with Crippen molar-refractivity contribution in [2.45, 2.75) is 52.5 Å². The first-order chi connectivity index (χ1) is 7.94. The Bertz CT molecular complexity index is 378. The molecule has 0 radical (unpaired) electrons. The van der Waals surface area contributed by atoms with E-state index >= 15 is 0 Å². The van der Waals surface area contributed by atoms with Crippen molar-refractivity contribution in [3.8, 4) is 0 Å². The maximum Gasteiger partial charge on any atom is 0.125 e. The van der Waals surface area contributed by atoms with Crippen LogP contribution in [0.1, 0.15) is 45.1 Å². The molecule has 1 aromatic carbocycles. The van der Waals surface area contributed by atoms with Crippen LogP contribution in [0.4, 0.5) is 10.1 Å². The van der Waals surface area contributed by atoms with Crippen LogP contribution in [-0.2, 0) is 0 Å². The highest BCUT2D eigenvalue weighted by Gasteiger charge is 2.27. The Hall–Kier alpha value is -1.05. The zero-order chi connectivity index (χ0) is 12.5. The Morgan fingerprint density at radius 1 is 1.29 bits per heavy atom. The molecule has 17 heavy (non-hydrogen) atoms. The van der Waals surface area contributed by atoms with Crippen molar-refractivity contribution in [3.05, 3.63) is 29.6 Å². The molecule has 1 fully saturated rings. The Labute approximate surface area is 103 Å². The van der Waals surface area contributed by atoms with Gasteiger partial charge in [-0.3, -0.25) is 0 Å². The van der Waals surface area contributed by atoms with E-state index in [1.807, 2.05) is 13.0 Å². The first kappa shape index (κ1) is 12.4. The van der Waals surface area contributed by atoms with Crippen molar-refractivity contribution < 1.29 is 4.39 Å². The van der Waals surface area contributed by atoms with Crippen LogP contribution in [0.3, 0.4) is 0 Å². The Morgan fingerprint density at radius 2 is 2.06 bits per heavy atom. The van der Waals surface area contributed by atoms with Crippen molar-refractivity contribution >= 4 is 5.69 Å². The van der Waals surface area contributed by atoms with Crippen LogP contribution in [0.2, 0.25) is 0 Å². The molecule has 1 aromatic rings. The molecule has 0 aliphatic heterocycles. The lowest BCUT2D eigenvalue weighted by molar-refractivity contribution is 0.229. The molecule has 1 aliphatic carbocycles. The molecule has 2 heteroatoms. The number of benzene rings is 1. The van der Waals surface area contributed by atoms with E-state index in [2.05, 4.69) is 19.2 Å². The molecule has 0 aromatic heterocycles. The van der Waals surface area contributed by atoms with Gasteiger partial charge in [0.15, 0.2) is 0 Å². The molecule has 1 saturated carbocycles.